The molecule has 3 aromatic carbocycles. The summed E-state index contributed by atoms with van der Waals surface area (Å²) in [5.74, 6) is -0.687. The van der Waals surface area contributed by atoms with Gasteiger partial charge >= 0.3 is 0 Å². The van der Waals surface area contributed by atoms with Gasteiger partial charge in [-0.3, -0.25) is 9.10 Å². The lowest BCUT2D eigenvalue weighted by Crippen LogP contribution is -2.39. The molecule has 0 saturated heterocycles. The molecule has 0 radical (unpaired) electrons. The number of benzene rings is 3. The molecule has 3 aromatic rings. The predicted molar refractivity (Wildman–Crippen MR) is 132 cm³/mol. The Bertz CT molecular complexity index is 1300. The van der Waals surface area contributed by atoms with E-state index in [1.807, 2.05) is 6.07 Å². The zero-order chi connectivity index (χ0) is 24.7. The molecule has 3 rings (SSSR count). The van der Waals surface area contributed by atoms with Crippen LogP contribution in [0.25, 0.3) is 0 Å². The monoisotopic (exact) mass is 523 g/mol. The van der Waals surface area contributed by atoms with E-state index >= 15 is 0 Å². The molecule has 11 heteroatoms. The summed E-state index contributed by atoms with van der Waals surface area (Å²) >= 11 is 11.9. The van der Waals surface area contributed by atoms with Crippen LogP contribution in [0.5, 0.6) is 5.75 Å². The van der Waals surface area contributed by atoms with Crippen LogP contribution in [0.3, 0.4) is 0 Å². The molecule has 0 fully saturated rings. The summed E-state index contributed by atoms with van der Waals surface area (Å²) in [6.07, 6.45) is 2.33. The SMILES string of the molecule is CS(=O)(=O)N(CC(=O)N/N=C\c1ccc(OCc2ccc(Cl)c(Cl)c2)cc1)c1cccc(F)c1. The Hall–Kier alpha value is -3.14. The second-order valence-corrected chi connectivity index (χ2v) is 9.87. The zero-order valence-electron chi connectivity index (χ0n) is 17.9. The zero-order valence-corrected chi connectivity index (χ0v) is 20.2. The van der Waals surface area contributed by atoms with Crippen LogP contribution in [0.15, 0.2) is 71.8 Å². The highest BCUT2D eigenvalue weighted by atomic mass is 35.5. The second-order valence-electron chi connectivity index (χ2n) is 7.15. The van der Waals surface area contributed by atoms with Crippen molar-refractivity contribution in [3.63, 3.8) is 0 Å². The molecule has 0 aromatic heterocycles. The maximum atomic E-state index is 13.5. The van der Waals surface area contributed by atoms with E-state index in [4.69, 9.17) is 27.9 Å². The van der Waals surface area contributed by atoms with Gasteiger partial charge in [-0.2, -0.15) is 5.10 Å². The van der Waals surface area contributed by atoms with E-state index < -0.39 is 28.3 Å². The minimum Gasteiger partial charge on any atom is -0.489 e. The third-order valence-corrected chi connectivity index (χ3v) is 6.34. The summed E-state index contributed by atoms with van der Waals surface area (Å²) in [6.45, 7) is -0.246. The van der Waals surface area contributed by atoms with Crippen molar-refractivity contribution < 1.29 is 22.3 Å². The van der Waals surface area contributed by atoms with Crippen molar-refractivity contribution in [1.29, 1.82) is 0 Å². The predicted octanol–water partition coefficient (Wildman–Crippen LogP) is 4.63. The van der Waals surface area contributed by atoms with E-state index in [0.29, 0.717) is 28.0 Å². The molecule has 0 aliphatic rings. The van der Waals surface area contributed by atoms with Gasteiger partial charge in [0.1, 0.15) is 24.7 Å². The first kappa shape index (κ1) is 25.5. The number of hydrogen-bond donors (Lipinski definition) is 1. The normalized spacial score (nSPS) is 11.4. The molecule has 0 bridgehead atoms. The molecule has 7 nitrogen and oxygen atoms in total. The van der Waals surface area contributed by atoms with Crippen molar-refractivity contribution in [2.75, 3.05) is 17.1 Å². The quantitative estimate of drug-likeness (QED) is 0.327. The highest BCUT2D eigenvalue weighted by molar-refractivity contribution is 7.92. The van der Waals surface area contributed by atoms with Crippen molar-refractivity contribution in [3.8, 4) is 5.75 Å². The number of halogens is 3. The molecule has 178 valence electrons. The molecule has 0 heterocycles. The van der Waals surface area contributed by atoms with E-state index in [1.54, 1.807) is 36.4 Å². The molecule has 0 saturated carbocycles. The van der Waals surface area contributed by atoms with Crippen molar-refractivity contribution in [2.24, 2.45) is 5.10 Å². The average molecular weight is 524 g/mol. The second kappa shape index (κ2) is 11.3. The van der Waals surface area contributed by atoms with Gasteiger partial charge in [0, 0.05) is 0 Å². The average Bonchev–Trinajstić information content (AvgIpc) is 2.78. The number of anilines is 1. The molecular weight excluding hydrogens is 504 g/mol. The van der Waals surface area contributed by atoms with Crippen LogP contribution < -0.4 is 14.5 Å². The maximum absolute atomic E-state index is 13.5. The molecule has 0 aliphatic carbocycles. The van der Waals surface area contributed by atoms with Gasteiger partial charge in [0.15, 0.2) is 0 Å². The van der Waals surface area contributed by atoms with Crippen molar-refractivity contribution in [3.05, 3.63) is 93.7 Å². The van der Waals surface area contributed by atoms with E-state index in [-0.39, 0.29) is 5.69 Å². The third kappa shape index (κ3) is 7.44. The van der Waals surface area contributed by atoms with E-state index in [9.17, 15) is 17.6 Å². The standard InChI is InChI=1S/C23H20Cl2FN3O4S/c1-34(31,32)29(19-4-2-3-18(26)12-19)14-23(30)28-27-13-16-5-8-20(9-6-16)33-15-17-7-10-21(24)22(25)11-17/h2-13H,14-15H2,1H3,(H,28,30)/b27-13-. The fraction of sp³-hybridized carbons (Fsp3) is 0.130. The molecule has 0 atom stereocenters. The Morgan fingerprint density at radius 2 is 1.82 bits per heavy atom. The lowest BCUT2D eigenvalue weighted by atomic mass is 10.2. The summed E-state index contributed by atoms with van der Waals surface area (Å²) in [5, 5.41) is 4.76. The Labute approximate surface area is 206 Å². The van der Waals surface area contributed by atoms with Gasteiger partial charge in [0.25, 0.3) is 5.91 Å². The van der Waals surface area contributed by atoms with Gasteiger partial charge < -0.3 is 4.74 Å². The van der Waals surface area contributed by atoms with Gasteiger partial charge in [-0.05, 0) is 65.7 Å². The number of rotatable bonds is 9. The minimum atomic E-state index is -3.82. The fourth-order valence-corrected chi connectivity index (χ4v) is 3.99. The van der Waals surface area contributed by atoms with Crippen LogP contribution >= 0.6 is 23.2 Å². The largest absolute Gasteiger partial charge is 0.489 e. The molecule has 0 aliphatic heterocycles. The van der Waals surface area contributed by atoms with Crippen LogP contribution in [0.4, 0.5) is 10.1 Å². The molecular formula is C23H20Cl2FN3O4S. The number of hydrogen-bond acceptors (Lipinski definition) is 5. The van der Waals surface area contributed by atoms with E-state index in [1.165, 1.54) is 24.4 Å². The van der Waals surface area contributed by atoms with Crippen LogP contribution in [0, 0.1) is 5.82 Å². The van der Waals surface area contributed by atoms with Gasteiger partial charge in [-0.15, -0.1) is 0 Å². The number of carbonyl (C=O) groups is 1. The van der Waals surface area contributed by atoms with Gasteiger partial charge in [-0.1, -0.05) is 35.3 Å². The van der Waals surface area contributed by atoms with Crippen molar-refractivity contribution in [2.45, 2.75) is 6.61 Å². The number of hydrazone groups is 1. The Morgan fingerprint density at radius 3 is 2.47 bits per heavy atom. The van der Waals surface area contributed by atoms with Gasteiger partial charge in [0.2, 0.25) is 10.0 Å². The Morgan fingerprint density at radius 1 is 1.09 bits per heavy atom. The number of nitrogens with zero attached hydrogens (tertiary/aromatic N) is 2. The first-order valence-electron chi connectivity index (χ1n) is 9.84. The van der Waals surface area contributed by atoms with Crippen molar-refractivity contribution >= 4 is 51.0 Å². The van der Waals surface area contributed by atoms with Crippen LogP contribution in [0.1, 0.15) is 11.1 Å². The number of amides is 1. The summed E-state index contributed by atoms with van der Waals surface area (Å²) in [4.78, 5) is 12.2. The minimum absolute atomic E-state index is 0.0399. The highest BCUT2D eigenvalue weighted by Gasteiger charge is 2.21. The number of carbonyl (C=O) groups excluding carboxylic acids is 1. The lowest BCUT2D eigenvalue weighted by Gasteiger charge is -2.21. The number of ether oxygens (including phenoxy) is 1. The van der Waals surface area contributed by atoms with Crippen LogP contribution in [-0.4, -0.2) is 33.3 Å². The third-order valence-electron chi connectivity index (χ3n) is 4.46. The molecule has 34 heavy (non-hydrogen) atoms. The van der Waals surface area contributed by atoms with Crippen molar-refractivity contribution in [1.82, 2.24) is 5.43 Å². The maximum Gasteiger partial charge on any atom is 0.260 e. The van der Waals surface area contributed by atoms with E-state index in [2.05, 4.69) is 10.5 Å². The summed E-state index contributed by atoms with van der Waals surface area (Å²) in [6, 6.07) is 17.1. The topological polar surface area (TPSA) is 88.1 Å². The molecule has 0 spiro atoms. The first-order chi connectivity index (χ1) is 16.1. The van der Waals surface area contributed by atoms with Gasteiger partial charge in [0.05, 0.1) is 28.2 Å². The fourth-order valence-electron chi connectivity index (χ4n) is 2.82. The Balaban J connectivity index is 1.54. The highest BCUT2D eigenvalue weighted by Crippen LogP contribution is 2.23. The van der Waals surface area contributed by atoms with Crippen LogP contribution in [0.2, 0.25) is 10.0 Å². The Kier molecular flexibility index (Phi) is 8.49. The van der Waals surface area contributed by atoms with Gasteiger partial charge in [-0.25, -0.2) is 18.2 Å². The lowest BCUT2D eigenvalue weighted by molar-refractivity contribution is -0.119. The summed E-state index contributed by atoms with van der Waals surface area (Å²) in [5.41, 5.74) is 3.84. The first-order valence-corrected chi connectivity index (χ1v) is 12.4. The molecule has 0 unspecified atom stereocenters. The van der Waals surface area contributed by atoms with E-state index in [0.717, 1.165) is 22.2 Å². The van der Waals surface area contributed by atoms with Crippen LogP contribution in [-0.2, 0) is 21.4 Å². The number of nitrogens with one attached hydrogen (secondary N) is 1. The molecule has 1 amide bonds. The number of sulfonamides is 1. The molecule has 1 N–H and O–H groups in total. The summed E-state index contributed by atoms with van der Waals surface area (Å²) in [7, 11) is -3.82. The summed E-state index contributed by atoms with van der Waals surface area (Å²) < 4.78 is 44.1. The smallest absolute Gasteiger partial charge is 0.260 e.